The summed E-state index contributed by atoms with van der Waals surface area (Å²) in [4.78, 5) is 12.6. The van der Waals surface area contributed by atoms with Crippen molar-refractivity contribution in [1.82, 2.24) is 5.32 Å². The number of rotatable bonds is 5. The van der Waals surface area contributed by atoms with Gasteiger partial charge in [0.25, 0.3) is 5.69 Å². The van der Waals surface area contributed by atoms with Crippen LogP contribution in [0.25, 0.3) is 0 Å². The second-order valence-corrected chi connectivity index (χ2v) is 4.91. The number of nitrogens with one attached hydrogen (secondary N) is 1. The third-order valence-corrected chi connectivity index (χ3v) is 3.57. The van der Waals surface area contributed by atoms with E-state index >= 15 is 0 Å². The molecule has 0 amide bonds. The van der Waals surface area contributed by atoms with E-state index in [0.717, 1.165) is 38.2 Å². The fraction of sp³-hybridized carbons (Fsp3) is 0.500. The minimum Gasteiger partial charge on any atom is -0.367 e. The first kappa shape index (κ1) is 14.3. The number of hydrogen-bond donors (Lipinski definition) is 1. The molecule has 1 aromatic rings. The molecule has 0 saturated carbocycles. The SMILES string of the molecule is CCCN(c1ccc([N+](=O)[O-])c(C#N)c1)C1CCNC1. The fourth-order valence-electron chi connectivity index (χ4n) is 2.62. The molecule has 1 saturated heterocycles. The van der Waals surface area contributed by atoms with Crippen LogP contribution in [0, 0.1) is 21.4 Å². The summed E-state index contributed by atoms with van der Waals surface area (Å²) in [5, 5.41) is 23.3. The van der Waals surface area contributed by atoms with Gasteiger partial charge < -0.3 is 10.2 Å². The van der Waals surface area contributed by atoms with Crippen LogP contribution in [0.3, 0.4) is 0 Å². The average Bonchev–Trinajstić information content (AvgIpc) is 2.97. The van der Waals surface area contributed by atoms with Crippen LogP contribution in [0.2, 0.25) is 0 Å². The molecule has 1 heterocycles. The summed E-state index contributed by atoms with van der Waals surface area (Å²) in [6, 6.07) is 7.12. The summed E-state index contributed by atoms with van der Waals surface area (Å²) < 4.78 is 0. The lowest BCUT2D eigenvalue weighted by Gasteiger charge is -2.30. The number of anilines is 1. The molecule has 1 atom stereocenters. The Kier molecular flexibility index (Phi) is 4.53. The molecule has 2 rings (SSSR count). The molecule has 106 valence electrons. The highest BCUT2D eigenvalue weighted by Gasteiger charge is 2.24. The Labute approximate surface area is 118 Å². The Morgan fingerprint density at radius 1 is 1.60 bits per heavy atom. The fourth-order valence-corrected chi connectivity index (χ4v) is 2.62. The maximum Gasteiger partial charge on any atom is 0.287 e. The van der Waals surface area contributed by atoms with Gasteiger partial charge in [-0.2, -0.15) is 5.26 Å². The van der Waals surface area contributed by atoms with E-state index in [4.69, 9.17) is 5.26 Å². The molecule has 1 aliphatic rings. The second-order valence-electron chi connectivity index (χ2n) is 4.91. The molecule has 1 N–H and O–H groups in total. The molecule has 0 spiro atoms. The van der Waals surface area contributed by atoms with Gasteiger partial charge in [0, 0.05) is 30.9 Å². The standard InChI is InChI=1S/C14H18N4O2/c1-2-7-17(13-5-6-16-10-13)12-3-4-14(18(19)20)11(8-12)9-15/h3-4,8,13,16H,2,5-7,10H2,1H3. The van der Waals surface area contributed by atoms with Crippen LogP contribution >= 0.6 is 0 Å². The Bertz CT molecular complexity index is 532. The van der Waals surface area contributed by atoms with Gasteiger partial charge in [0.15, 0.2) is 0 Å². The summed E-state index contributed by atoms with van der Waals surface area (Å²) in [6.07, 6.45) is 2.05. The molecule has 0 aliphatic carbocycles. The third kappa shape index (κ3) is 2.89. The van der Waals surface area contributed by atoms with Gasteiger partial charge in [0.05, 0.1) is 4.92 Å². The van der Waals surface area contributed by atoms with E-state index in [9.17, 15) is 10.1 Å². The molecule has 1 unspecified atom stereocenters. The van der Waals surface area contributed by atoms with Gasteiger partial charge in [-0.25, -0.2) is 0 Å². The van der Waals surface area contributed by atoms with Gasteiger partial charge in [0.1, 0.15) is 11.6 Å². The molecule has 0 aromatic heterocycles. The van der Waals surface area contributed by atoms with Gasteiger partial charge in [-0.3, -0.25) is 10.1 Å². The molecule has 1 aromatic carbocycles. The van der Waals surface area contributed by atoms with E-state index < -0.39 is 4.92 Å². The normalized spacial score (nSPS) is 17.7. The van der Waals surface area contributed by atoms with E-state index in [1.54, 1.807) is 12.1 Å². The van der Waals surface area contributed by atoms with Crippen molar-refractivity contribution in [3.05, 3.63) is 33.9 Å². The molecule has 0 radical (unpaired) electrons. The maximum absolute atomic E-state index is 10.9. The van der Waals surface area contributed by atoms with E-state index in [2.05, 4.69) is 17.1 Å². The molecule has 6 nitrogen and oxygen atoms in total. The second kappa shape index (κ2) is 6.35. The summed E-state index contributed by atoms with van der Waals surface area (Å²) in [5.74, 6) is 0. The number of nitro benzene ring substituents is 1. The van der Waals surface area contributed by atoms with Crippen molar-refractivity contribution in [2.45, 2.75) is 25.8 Å². The van der Waals surface area contributed by atoms with E-state index in [-0.39, 0.29) is 11.3 Å². The highest BCUT2D eigenvalue weighted by Crippen LogP contribution is 2.27. The minimum atomic E-state index is -0.510. The van der Waals surface area contributed by atoms with Crippen molar-refractivity contribution in [3.63, 3.8) is 0 Å². The molecular weight excluding hydrogens is 256 g/mol. The van der Waals surface area contributed by atoms with E-state index in [1.807, 2.05) is 6.07 Å². The molecule has 20 heavy (non-hydrogen) atoms. The van der Waals surface area contributed by atoms with Crippen LogP contribution in [0.1, 0.15) is 25.3 Å². The highest BCUT2D eigenvalue weighted by molar-refractivity contribution is 5.60. The van der Waals surface area contributed by atoms with Crippen molar-refractivity contribution in [2.75, 3.05) is 24.5 Å². The van der Waals surface area contributed by atoms with Crippen molar-refractivity contribution in [1.29, 1.82) is 5.26 Å². The Balaban J connectivity index is 2.33. The highest BCUT2D eigenvalue weighted by atomic mass is 16.6. The number of nitro groups is 1. The van der Waals surface area contributed by atoms with Crippen LogP contribution in [0.4, 0.5) is 11.4 Å². The summed E-state index contributed by atoms with van der Waals surface area (Å²) in [5.41, 5.74) is 0.888. The minimum absolute atomic E-state index is 0.125. The lowest BCUT2D eigenvalue weighted by Crippen LogP contribution is -2.37. The monoisotopic (exact) mass is 274 g/mol. The largest absolute Gasteiger partial charge is 0.367 e. The zero-order valence-corrected chi connectivity index (χ0v) is 11.5. The zero-order chi connectivity index (χ0) is 14.5. The van der Waals surface area contributed by atoms with Gasteiger partial charge in [0.2, 0.25) is 0 Å². The van der Waals surface area contributed by atoms with Crippen LogP contribution < -0.4 is 10.2 Å². The smallest absolute Gasteiger partial charge is 0.287 e. The summed E-state index contributed by atoms with van der Waals surface area (Å²) in [6.45, 7) is 4.89. The first-order valence-electron chi connectivity index (χ1n) is 6.83. The zero-order valence-electron chi connectivity index (χ0n) is 11.5. The van der Waals surface area contributed by atoms with E-state index in [1.165, 1.54) is 6.07 Å². The third-order valence-electron chi connectivity index (χ3n) is 3.57. The number of nitrogens with zero attached hydrogens (tertiary/aromatic N) is 3. The van der Waals surface area contributed by atoms with Crippen molar-refractivity contribution in [3.8, 4) is 6.07 Å². The van der Waals surface area contributed by atoms with Gasteiger partial charge in [-0.05, 0) is 31.5 Å². The van der Waals surface area contributed by atoms with Crippen molar-refractivity contribution < 1.29 is 4.92 Å². The van der Waals surface area contributed by atoms with Crippen LogP contribution in [-0.4, -0.2) is 30.6 Å². The molecule has 1 aliphatic heterocycles. The number of hydrogen-bond acceptors (Lipinski definition) is 5. The van der Waals surface area contributed by atoms with Crippen molar-refractivity contribution >= 4 is 11.4 Å². The predicted octanol–water partition coefficient (Wildman–Crippen LogP) is 2.04. The maximum atomic E-state index is 10.9. The molecule has 1 fully saturated rings. The first-order chi connectivity index (χ1) is 9.67. The first-order valence-corrected chi connectivity index (χ1v) is 6.83. The predicted molar refractivity (Wildman–Crippen MR) is 76.7 cm³/mol. The average molecular weight is 274 g/mol. The lowest BCUT2D eigenvalue weighted by molar-refractivity contribution is -0.385. The molecule has 6 heteroatoms. The molecule has 0 bridgehead atoms. The summed E-state index contributed by atoms with van der Waals surface area (Å²) >= 11 is 0. The van der Waals surface area contributed by atoms with Crippen LogP contribution in [0.15, 0.2) is 18.2 Å². The topological polar surface area (TPSA) is 82.2 Å². The number of nitriles is 1. The quantitative estimate of drug-likeness (QED) is 0.656. The van der Waals surface area contributed by atoms with Crippen LogP contribution in [0.5, 0.6) is 0 Å². The Morgan fingerprint density at radius 2 is 2.40 bits per heavy atom. The number of benzene rings is 1. The van der Waals surface area contributed by atoms with E-state index in [0.29, 0.717) is 6.04 Å². The lowest BCUT2D eigenvalue weighted by atomic mass is 10.1. The van der Waals surface area contributed by atoms with Crippen LogP contribution in [-0.2, 0) is 0 Å². The Hall–Kier alpha value is -2.13. The van der Waals surface area contributed by atoms with Crippen molar-refractivity contribution in [2.24, 2.45) is 0 Å². The Morgan fingerprint density at radius 3 is 2.95 bits per heavy atom. The van der Waals surface area contributed by atoms with Gasteiger partial charge in [-0.15, -0.1) is 0 Å². The van der Waals surface area contributed by atoms with Gasteiger partial charge in [-0.1, -0.05) is 6.92 Å². The summed E-state index contributed by atoms with van der Waals surface area (Å²) in [7, 11) is 0. The van der Waals surface area contributed by atoms with Gasteiger partial charge >= 0.3 is 0 Å². The molecular formula is C14H18N4O2.